The minimum atomic E-state index is 0.0199. The smallest absolute Gasteiger partial charge is 0.317 e. The Morgan fingerprint density at radius 1 is 1.06 bits per heavy atom. The van der Waals surface area contributed by atoms with Gasteiger partial charge in [-0.1, -0.05) is 33.6 Å². The summed E-state index contributed by atoms with van der Waals surface area (Å²) in [6, 6.07) is 4.30. The molecule has 0 unspecified atom stereocenters. The highest BCUT2D eigenvalue weighted by Gasteiger charge is 2.50. The monoisotopic (exact) mass is 439 g/mol. The van der Waals surface area contributed by atoms with Gasteiger partial charge in [-0.05, 0) is 104 Å². The number of carbonyl (C=O) groups is 1. The van der Waals surface area contributed by atoms with Gasteiger partial charge < -0.3 is 10.2 Å². The van der Waals surface area contributed by atoms with Crippen LogP contribution < -0.4 is 5.32 Å². The van der Waals surface area contributed by atoms with E-state index in [-0.39, 0.29) is 11.4 Å². The van der Waals surface area contributed by atoms with Crippen LogP contribution in [-0.4, -0.2) is 35.5 Å². The molecule has 4 saturated carbocycles. The third-order valence-electron chi connectivity index (χ3n) is 8.55. The van der Waals surface area contributed by atoms with Crippen LogP contribution in [0.2, 0.25) is 0 Å². The van der Waals surface area contributed by atoms with Crippen molar-refractivity contribution in [2.45, 2.75) is 91.4 Å². The molecule has 0 aliphatic heterocycles. The minimum Gasteiger partial charge on any atom is -0.337 e. The Bertz CT molecular complexity index is 709. The van der Waals surface area contributed by atoms with Crippen molar-refractivity contribution >= 4 is 6.03 Å². The molecule has 2 amide bonds. The lowest BCUT2D eigenvalue weighted by Crippen LogP contribution is -2.49. The average molecular weight is 440 g/mol. The molecule has 1 heterocycles. The van der Waals surface area contributed by atoms with Gasteiger partial charge in [-0.25, -0.2) is 4.79 Å². The van der Waals surface area contributed by atoms with Gasteiger partial charge in [0, 0.05) is 32.0 Å². The summed E-state index contributed by atoms with van der Waals surface area (Å²) in [5.41, 5.74) is 1.84. The van der Waals surface area contributed by atoms with Gasteiger partial charge in [0.2, 0.25) is 0 Å². The fraction of sp³-hybridized carbons (Fsp3) is 0.786. The Balaban J connectivity index is 1.32. The number of unbranched alkanes of at least 4 members (excludes halogenated alkanes) is 2. The van der Waals surface area contributed by atoms with Gasteiger partial charge in [-0.2, -0.15) is 0 Å². The van der Waals surface area contributed by atoms with Crippen molar-refractivity contribution in [3.05, 3.63) is 30.1 Å². The maximum absolute atomic E-state index is 13.3. The zero-order valence-electron chi connectivity index (χ0n) is 20.7. The summed E-state index contributed by atoms with van der Waals surface area (Å²) in [6.07, 6.45) is 18.2. The van der Waals surface area contributed by atoms with Crippen molar-refractivity contribution in [2.24, 2.45) is 28.6 Å². The molecular weight excluding hydrogens is 394 g/mol. The third-order valence-corrected chi connectivity index (χ3v) is 8.55. The van der Waals surface area contributed by atoms with E-state index in [1.165, 1.54) is 63.4 Å². The van der Waals surface area contributed by atoms with Crippen molar-refractivity contribution in [3.63, 3.8) is 0 Å². The SMILES string of the molecule is CCCCCN(CCC12CC3CC(CC(C3)C1)C2)C(=O)NCC(C)(C)Cc1ccncc1. The molecule has 4 heteroatoms. The Hall–Kier alpha value is -1.58. The van der Waals surface area contributed by atoms with Gasteiger partial charge in [-0.3, -0.25) is 4.98 Å². The van der Waals surface area contributed by atoms with E-state index >= 15 is 0 Å². The van der Waals surface area contributed by atoms with Crippen molar-refractivity contribution in [2.75, 3.05) is 19.6 Å². The van der Waals surface area contributed by atoms with Crippen LogP contribution in [0.25, 0.3) is 0 Å². The zero-order chi connectivity index (χ0) is 22.6. The molecule has 4 fully saturated rings. The first-order chi connectivity index (χ1) is 15.4. The molecule has 4 bridgehead atoms. The third kappa shape index (κ3) is 6.05. The van der Waals surface area contributed by atoms with Crippen molar-refractivity contribution < 1.29 is 4.79 Å². The van der Waals surface area contributed by atoms with Crippen molar-refractivity contribution in [3.8, 4) is 0 Å². The van der Waals surface area contributed by atoms with E-state index in [4.69, 9.17) is 0 Å². The molecule has 1 aromatic heterocycles. The first-order valence-corrected chi connectivity index (χ1v) is 13.3. The molecule has 4 aliphatic carbocycles. The second kappa shape index (κ2) is 10.1. The maximum Gasteiger partial charge on any atom is 0.317 e. The first kappa shape index (κ1) is 23.6. The molecule has 5 rings (SSSR count). The molecular formula is C28H45N3O. The predicted molar refractivity (Wildman–Crippen MR) is 131 cm³/mol. The van der Waals surface area contributed by atoms with E-state index in [0.717, 1.165) is 43.7 Å². The number of aromatic nitrogens is 1. The average Bonchev–Trinajstić information content (AvgIpc) is 2.74. The summed E-state index contributed by atoms with van der Waals surface area (Å²) in [6.45, 7) is 9.26. The molecule has 0 saturated heterocycles. The highest BCUT2D eigenvalue weighted by Crippen LogP contribution is 2.61. The van der Waals surface area contributed by atoms with Crippen LogP contribution in [0.15, 0.2) is 24.5 Å². The van der Waals surface area contributed by atoms with E-state index in [0.29, 0.717) is 12.0 Å². The largest absolute Gasteiger partial charge is 0.337 e. The Morgan fingerprint density at radius 3 is 2.28 bits per heavy atom. The van der Waals surface area contributed by atoms with E-state index in [2.05, 4.69) is 48.1 Å². The summed E-state index contributed by atoms with van der Waals surface area (Å²) in [4.78, 5) is 19.5. The number of urea groups is 1. The molecule has 32 heavy (non-hydrogen) atoms. The second-order valence-electron chi connectivity index (χ2n) is 12.2. The van der Waals surface area contributed by atoms with Crippen LogP contribution in [0.4, 0.5) is 4.79 Å². The Kier molecular flexibility index (Phi) is 7.47. The van der Waals surface area contributed by atoms with Crippen LogP contribution in [0.5, 0.6) is 0 Å². The van der Waals surface area contributed by atoms with Crippen molar-refractivity contribution in [1.82, 2.24) is 15.2 Å². The summed E-state index contributed by atoms with van der Waals surface area (Å²) < 4.78 is 0. The number of pyridine rings is 1. The second-order valence-corrected chi connectivity index (χ2v) is 12.2. The van der Waals surface area contributed by atoms with Gasteiger partial charge in [0.25, 0.3) is 0 Å². The lowest BCUT2D eigenvalue weighted by atomic mass is 9.49. The van der Waals surface area contributed by atoms with Crippen LogP contribution in [0.3, 0.4) is 0 Å². The standard InChI is InChI=1S/C28H45N3O/c1-4-5-6-12-31(13-9-28-18-23-14-24(19-28)16-25(15-23)20-28)26(32)30-21-27(2,3)17-22-7-10-29-11-8-22/h7-8,10-11,23-25H,4-6,9,12-21H2,1-3H3,(H,30,32). The summed E-state index contributed by atoms with van der Waals surface area (Å²) in [5, 5.41) is 3.30. The molecule has 0 aromatic carbocycles. The maximum atomic E-state index is 13.3. The summed E-state index contributed by atoms with van der Waals surface area (Å²) in [5.74, 6) is 2.95. The van der Waals surface area contributed by atoms with Gasteiger partial charge in [-0.15, -0.1) is 0 Å². The molecule has 0 radical (unpaired) electrons. The minimum absolute atomic E-state index is 0.0199. The number of nitrogens with one attached hydrogen (secondary N) is 1. The van der Waals surface area contributed by atoms with Crippen LogP contribution >= 0.6 is 0 Å². The summed E-state index contributed by atoms with van der Waals surface area (Å²) in [7, 11) is 0. The first-order valence-electron chi connectivity index (χ1n) is 13.3. The van der Waals surface area contributed by atoms with Gasteiger partial charge in [0.15, 0.2) is 0 Å². The quantitative estimate of drug-likeness (QED) is 0.402. The topological polar surface area (TPSA) is 45.2 Å². The van der Waals surface area contributed by atoms with Gasteiger partial charge in [0.05, 0.1) is 0 Å². The van der Waals surface area contributed by atoms with E-state index in [1.807, 2.05) is 12.4 Å². The molecule has 1 aromatic rings. The number of rotatable bonds is 11. The fourth-order valence-electron chi connectivity index (χ4n) is 7.38. The Morgan fingerprint density at radius 2 is 1.69 bits per heavy atom. The molecule has 4 aliphatic rings. The summed E-state index contributed by atoms with van der Waals surface area (Å²) >= 11 is 0. The molecule has 0 atom stereocenters. The number of hydrogen-bond donors (Lipinski definition) is 1. The van der Waals surface area contributed by atoms with Crippen LogP contribution in [0.1, 0.15) is 90.5 Å². The van der Waals surface area contributed by atoms with Crippen molar-refractivity contribution in [1.29, 1.82) is 0 Å². The highest BCUT2D eigenvalue weighted by atomic mass is 16.2. The number of amides is 2. The number of hydrogen-bond acceptors (Lipinski definition) is 2. The molecule has 0 spiro atoms. The highest BCUT2D eigenvalue weighted by molar-refractivity contribution is 5.74. The number of nitrogens with zero attached hydrogens (tertiary/aromatic N) is 2. The van der Waals surface area contributed by atoms with E-state index in [9.17, 15) is 4.79 Å². The number of carbonyl (C=O) groups excluding carboxylic acids is 1. The zero-order valence-corrected chi connectivity index (χ0v) is 20.7. The van der Waals surface area contributed by atoms with Gasteiger partial charge in [0.1, 0.15) is 0 Å². The van der Waals surface area contributed by atoms with E-state index in [1.54, 1.807) is 0 Å². The van der Waals surface area contributed by atoms with Crippen LogP contribution in [0, 0.1) is 28.6 Å². The molecule has 4 nitrogen and oxygen atoms in total. The Labute approximate surface area is 195 Å². The van der Waals surface area contributed by atoms with E-state index < -0.39 is 0 Å². The lowest BCUT2D eigenvalue weighted by Gasteiger charge is -2.57. The van der Waals surface area contributed by atoms with Crippen LogP contribution in [-0.2, 0) is 6.42 Å². The fourth-order valence-corrected chi connectivity index (χ4v) is 7.38. The lowest BCUT2D eigenvalue weighted by molar-refractivity contribution is -0.0596. The normalized spacial score (nSPS) is 28.7. The predicted octanol–water partition coefficient (Wildman–Crippen LogP) is 6.46. The van der Waals surface area contributed by atoms with Gasteiger partial charge >= 0.3 is 6.03 Å². The molecule has 178 valence electrons. The molecule has 1 N–H and O–H groups in total.